The van der Waals surface area contributed by atoms with E-state index in [9.17, 15) is 0 Å². The van der Waals surface area contributed by atoms with Crippen molar-refractivity contribution < 1.29 is 0 Å². The van der Waals surface area contributed by atoms with Gasteiger partial charge in [-0.15, -0.1) is 0 Å². The van der Waals surface area contributed by atoms with Gasteiger partial charge < -0.3 is 0 Å². The van der Waals surface area contributed by atoms with Gasteiger partial charge in [-0.3, -0.25) is 0 Å². The van der Waals surface area contributed by atoms with E-state index in [1.807, 2.05) is 24.3 Å². The van der Waals surface area contributed by atoms with Gasteiger partial charge in [0.1, 0.15) is 16.1 Å². The van der Waals surface area contributed by atoms with E-state index in [-0.39, 0.29) is 0 Å². The Bertz CT molecular complexity index is 611. The molecular weight excluding hydrogens is 327 g/mol. The summed E-state index contributed by atoms with van der Waals surface area (Å²) in [6, 6.07) is 7.62. The Morgan fingerprint density at radius 1 is 0.905 bits per heavy atom. The number of aromatic nitrogens is 2. The molecule has 1 aliphatic carbocycles. The molecule has 1 aromatic carbocycles. The third-order valence-corrected chi connectivity index (χ3v) is 4.77. The molecule has 21 heavy (non-hydrogen) atoms. The molecule has 0 atom stereocenters. The maximum Gasteiger partial charge on any atom is 0.137 e. The summed E-state index contributed by atoms with van der Waals surface area (Å²) in [5.41, 5.74) is 2.01. The molecule has 0 bridgehead atoms. The minimum Gasteiger partial charge on any atom is -0.220 e. The Morgan fingerprint density at radius 2 is 1.48 bits per heavy atom. The van der Waals surface area contributed by atoms with E-state index in [1.54, 1.807) is 0 Å². The summed E-state index contributed by atoms with van der Waals surface area (Å²) in [6.45, 7) is 0. The average molecular weight is 342 g/mol. The molecule has 1 fully saturated rings. The Labute approximate surface area is 139 Å². The molecule has 5 heteroatoms. The molecule has 0 aliphatic heterocycles. The summed E-state index contributed by atoms with van der Waals surface area (Å²) in [4.78, 5) is 8.87. The number of hydrogen-bond donors (Lipinski definition) is 0. The van der Waals surface area contributed by atoms with Crippen LogP contribution in [0.3, 0.4) is 0 Å². The fourth-order valence-electron chi connectivity index (χ4n) is 2.87. The van der Waals surface area contributed by atoms with Crippen molar-refractivity contribution in [3.05, 3.63) is 56.5 Å². The first kappa shape index (κ1) is 15.1. The predicted molar refractivity (Wildman–Crippen MR) is 87.5 cm³/mol. The zero-order valence-electron chi connectivity index (χ0n) is 11.5. The monoisotopic (exact) mass is 340 g/mol. The van der Waals surface area contributed by atoms with Gasteiger partial charge in [0.05, 0.1) is 0 Å². The first-order valence-electron chi connectivity index (χ1n) is 7.10. The highest BCUT2D eigenvalue weighted by Crippen LogP contribution is 2.40. The molecule has 0 radical (unpaired) electrons. The molecule has 0 saturated heterocycles. The van der Waals surface area contributed by atoms with Crippen molar-refractivity contribution in [1.29, 1.82) is 0 Å². The third-order valence-electron chi connectivity index (χ3n) is 3.94. The normalized spacial score (nSPS) is 15.6. The first-order valence-corrected chi connectivity index (χ1v) is 8.23. The van der Waals surface area contributed by atoms with E-state index in [4.69, 9.17) is 34.8 Å². The Hall–Kier alpha value is -0.830. The van der Waals surface area contributed by atoms with Crippen LogP contribution in [-0.4, -0.2) is 9.97 Å². The Kier molecular flexibility index (Phi) is 4.68. The highest BCUT2D eigenvalue weighted by atomic mass is 35.5. The molecule has 1 heterocycles. The van der Waals surface area contributed by atoms with Crippen LogP contribution in [0.2, 0.25) is 15.3 Å². The van der Waals surface area contributed by atoms with Crippen LogP contribution in [0.15, 0.2) is 24.3 Å². The van der Waals surface area contributed by atoms with Gasteiger partial charge in [0.15, 0.2) is 0 Å². The molecule has 1 saturated carbocycles. The van der Waals surface area contributed by atoms with E-state index < -0.39 is 0 Å². The lowest BCUT2D eigenvalue weighted by Crippen LogP contribution is -2.04. The van der Waals surface area contributed by atoms with Gasteiger partial charge in [0, 0.05) is 17.0 Å². The lowest BCUT2D eigenvalue weighted by Gasteiger charge is -2.13. The van der Waals surface area contributed by atoms with E-state index in [1.165, 1.54) is 12.8 Å². The van der Waals surface area contributed by atoms with E-state index in [0.29, 0.717) is 33.5 Å². The minimum atomic E-state index is 0.412. The number of hydrogen-bond acceptors (Lipinski definition) is 2. The van der Waals surface area contributed by atoms with E-state index in [2.05, 4.69) is 9.97 Å². The van der Waals surface area contributed by atoms with Crippen LogP contribution in [0.5, 0.6) is 0 Å². The highest BCUT2D eigenvalue weighted by molar-refractivity contribution is 6.34. The molecule has 1 aliphatic rings. The van der Waals surface area contributed by atoms with Crippen LogP contribution >= 0.6 is 34.8 Å². The van der Waals surface area contributed by atoms with Crippen molar-refractivity contribution >= 4 is 34.8 Å². The first-order chi connectivity index (χ1) is 10.1. The van der Waals surface area contributed by atoms with Crippen molar-refractivity contribution in [2.75, 3.05) is 0 Å². The predicted octanol–water partition coefficient (Wildman–Crippen LogP) is 5.69. The highest BCUT2D eigenvalue weighted by Gasteiger charge is 2.24. The second kappa shape index (κ2) is 6.51. The van der Waals surface area contributed by atoms with E-state index in [0.717, 1.165) is 24.0 Å². The smallest absolute Gasteiger partial charge is 0.137 e. The number of halogens is 3. The quantitative estimate of drug-likeness (QED) is 0.671. The van der Waals surface area contributed by atoms with Crippen molar-refractivity contribution in [3.63, 3.8) is 0 Å². The fraction of sp³-hybridized carbons (Fsp3) is 0.375. The van der Waals surface area contributed by atoms with Crippen LogP contribution in [0.1, 0.15) is 48.6 Å². The Morgan fingerprint density at radius 3 is 2.05 bits per heavy atom. The number of benzene rings is 1. The summed E-state index contributed by atoms with van der Waals surface area (Å²) < 4.78 is 0. The zero-order chi connectivity index (χ0) is 14.8. The lowest BCUT2D eigenvalue weighted by molar-refractivity contribution is 0.710. The second-order valence-electron chi connectivity index (χ2n) is 5.42. The van der Waals surface area contributed by atoms with Gasteiger partial charge in [-0.25, -0.2) is 9.97 Å². The Balaban J connectivity index is 1.85. The molecule has 1 aromatic heterocycles. The van der Waals surface area contributed by atoms with Crippen molar-refractivity contribution in [1.82, 2.24) is 9.97 Å². The maximum absolute atomic E-state index is 6.35. The van der Waals surface area contributed by atoms with Gasteiger partial charge in [-0.05, 0) is 36.5 Å². The fourth-order valence-corrected chi connectivity index (χ4v) is 3.73. The van der Waals surface area contributed by atoms with Crippen LogP contribution in [0.25, 0.3) is 0 Å². The maximum atomic E-state index is 6.35. The number of nitrogens with zero attached hydrogens (tertiary/aromatic N) is 2. The second-order valence-corrected chi connectivity index (χ2v) is 6.57. The summed E-state index contributed by atoms with van der Waals surface area (Å²) in [6.07, 6.45) is 5.30. The topological polar surface area (TPSA) is 25.8 Å². The number of rotatable bonds is 3. The van der Waals surface area contributed by atoms with Crippen molar-refractivity contribution in [2.45, 2.75) is 38.0 Å². The van der Waals surface area contributed by atoms with Gasteiger partial charge in [-0.2, -0.15) is 0 Å². The summed E-state index contributed by atoms with van der Waals surface area (Å²) in [5.74, 6) is 1.06. The van der Waals surface area contributed by atoms with Gasteiger partial charge in [0.25, 0.3) is 0 Å². The zero-order valence-corrected chi connectivity index (χ0v) is 13.7. The van der Waals surface area contributed by atoms with Crippen molar-refractivity contribution in [3.8, 4) is 0 Å². The standard InChI is InChI=1S/C16H15Cl3N2/c17-12-7-5-10(6-8-12)9-13-20-15(18)14(16(19)21-13)11-3-1-2-4-11/h5-8,11H,1-4,9H2. The molecule has 0 N–H and O–H groups in total. The largest absolute Gasteiger partial charge is 0.220 e. The van der Waals surface area contributed by atoms with Gasteiger partial charge in [-0.1, -0.05) is 59.8 Å². The molecule has 2 nitrogen and oxygen atoms in total. The van der Waals surface area contributed by atoms with Crippen LogP contribution < -0.4 is 0 Å². The summed E-state index contributed by atoms with van der Waals surface area (Å²) >= 11 is 18.6. The molecule has 0 unspecified atom stereocenters. The summed E-state index contributed by atoms with van der Waals surface area (Å²) in [5, 5.41) is 1.73. The lowest BCUT2D eigenvalue weighted by atomic mass is 10.0. The molecular formula is C16H15Cl3N2. The van der Waals surface area contributed by atoms with Gasteiger partial charge in [0.2, 0.25) is 0 Å². The van der Waals surface area contributed by atoms with E-state index >= 15 is 0 Å². The third kappa shape index (κ3) is 3.50. The minimum absolute atomic E-state index is 0.412. The molecule has 2 aromatic rings. The summed E-state index contributed by atoms with van der Waals surface area (Å²) in [7, 11) is 0. The SMILES string of the molecule is Clc1ccc(Cc2nc(Cl)c(C3CCCC3)c(Cl)n2)cc1. The molecule has 110 valence electrons. The van der Waals surface area contributed by atoms with Gasteiger partial charge >= 0.3 is 0 Å². The van der Waals surface area contributed by atoms with Crippen LogP contribution in [0.4, 0.5) is 0 Å². The van der Waals surface area contributed by atoms with Crippen LogP contribution in [0, 0.1) is 0 Å². The molecule has 0 amide bonds. The van der Waals surface area contributed by atoms with Crippen molar-refractivity contribution in [2.24, 2.45) is 0 Å². The van der Waals surface area contributed by atoms with Crippen LogP contribution in [-0.2, 0) is 6.42 Å². The molecule has 3 rings (SSSR count). The average Bonchev–Trinajstić information content (AvgIpc) is 2.94. The molecule has 0 spiro atoms.